The normalized spacial score (nSPS) is 12.1. The third-order valence-electron chi connectivity index (χ3n) is 3.19. The number of hydrogen-bond acceptors (Lipinski definition) is 4. The molecule has 146 valence electrons. The lowest BCUT2D eigenvalue weighted by molar-refractivity contribution is -0.0501. The molecule has 0 spiro atoms. The third kappa shape index (κ3) is 6.00. The summed E-state index contributed by atoms with van der Waals surface area (Å²) < 4.78 is 56.6. The second-order valence-electron chi connectivity index (χ2n) is 6.71. The lowest BCUT2D eigenvalue weighted by Crippen LogP contribution is -2.40. The Kier molecular flexibility index (Phi) is 6.17. The van der Waals surface area contributed by atoms with E-state index < -0.39 is 28.1 Å². The highest BCUT2D eigenvalue weighted by atomic mass is 32.2. The summed E-state index contributed by atoms with van der Waals surface area (Å²) in [4.78, 5) is 12.4. The fourth-order valence-electron chi connectivity index (χ4n) is 2.25. The van der Waals surface area contributed by atoms with Crippen molar-refractivity contribution in [2.75, 3.05) is 5.32 Å². The van der Waals surface area contributed by atoms with Gasteiger partial charge < -0.3 is 10.1 Å². The Bertz CT molecular complexity index is 925. The topological polar surface area (TPSA) is 84.5 Å². The van der Waals surface area contributed by atoms with Gasteiger partial charge in [0.25, 0.3) is 5.91 Å². The number of nitrogens with one attached hydrogen (secondary N) is 2. The molecule has 0 fully saturated rings. The molecular formula is C18H20F2N2O4S. The number of amides is 1. The molecular weight excluding hydrogens is 378 g/mol. The van der Waals surface area contributed by atoms with Crippen molar-refractivity contribution in [3.05, 3.63) is 54.1 Å². The molecule has 9 heteroatoms. The summed E-state index contributed by atoms with van der Waals surface area (Å²) in [5.74, 6) is -0.979. The van der Waals surface area contributed by atoms with E-state index in [0.29, 0.717) is 0 Å². The van der Waals surface area contributed by atoms with Crippen LogP contribution >= 0.6 is 0 Å². The Hall–Kier alpha value is -2.52. The van der Waals surface area contributed by atoms with Crippen LogP contribution in [0.25, 0.3) is 0 Å². The third-order valence-corrected chi connectivity index (χ3v) is 4.95. The summed E-state index contributed by atoms with van der Waals surface area (Å²) >= 11 is 0. The number of rotatable bonds is 6. The van der Waals surface area contributed by atoms with E-state index in [4.69, 9.17) is 0 Å². The average molecular weight is 398 g/mol. The van der Waals surface area contributed by atoms with Gasteiger partial charge in [-0.3, -0.25) is 4.79 Å². The molecule has 2 N–H and O–H groups in total. The van der Waals surface area contributed by atoms with Gasteiger partial charge >= 0.3 is 6.61 Å². The molecule has 2 rings (SSSR count). The van der Waals surface area contributed by atoms with Gasteiger partial charge in [0.15, 0.2) is 0 Å². The highest BCUT2D eigenvalue weighted by Crippen LogP contribution is 2.23. The van der Waals surface area contributed by atoms with Crippen LogP contribution in [0.1, 0.15) is 31.1 Å². The molecule has 2 aromatic rings. The molecule has 0 heterocycles. The predicted molar refractivity (Wildman–Crippen MR) is 97.5 cm³/mol. The largest absolute Gasteiger partial charge is 0.434 e. The summed E-state index contributed by atoms with van der Waals surface area (Å²) in [7, 11) is -3.79. The Labute approximate surface area is 156 Å². The zero-order chi connectivity index (χ0) is 20.2. The number of para-hydroxylation sites is 1. The van der Waals surface area contributed by atoms with E-state index >= 15 is 0 Å². The molecule has 0 radical (unpaired) electrons. The van der Waals surface area contributed by atoms with Crippen LogP contribution in [0.5, 0.6) is 5.75 Å². The maximum atomic E-state index is 12.5. The summed E-state index contributed by atoms with van der Waals surface area (Å²) in [5, 5.41) is 2.49. The predicted octanol–water partition coefficient (Wildman–Crippen LogP) is 3.62. The van der Waals surface area contributed by atoms with Crippen molar-refractivity contribution in [2.45, 2.75) is 37.8 Å². The number of carbonyl (C=O) groups excluding carboxylic acids is 1. The fraction of sp³-hybridized carbons (Fsp3) is 0.278. The molecule has 0 bridgehead atoms. The van der Waals surface area contributed by atoms with Gasteiger partial charge in [0.1, 0.15) is 5.75 Å². The van der Waals surface area contributed by atoms with Crippen molar-refractivity contribution in [2.24, 2.45) is 0 Å². The molecule has 0 aromatic heterocycles. The number of sulfonamides is 1. The molecule has 0 aliphatic heterocycles. The number of benzene rings is 2. The Morgan fingerprint density at radius 2 is 1.74 bits per heavy atom. The monoisotopic (exact) mass is 398 g/mol. The smallest absolute Gasteiger partial charge is 0.387 e. The van der Waals surface area contributed by atoms with E-state index in [9.17, 15) is 22.0 Å². The standard InChI is InChI=1S/C18H20F2N2O4S/c1-18(2,3)22-27(24,25)13-8-6-7-12(11-13)21-16(23)14-9-4-5-10-15(14)26-17(19)20/h4-11,17,22H,1-3H3,(H,21,23). The van der Waals surface area contributed by atoms with Gasteiger partial charge in [-0.1, -0.05) is 18.2 Å². The molecule has 1 amide bonds. The summed E-state index contributed by atoms with van der Waals surface area (Å²) in [6, 6.07) is 11.2. The van der Waals surface area contributed by atoms with Crippen LogP contribution in [0.15, 0.2) is 53.4 Å². The van der Waals surface area contributed by atoms with Gasteiger partial charge in [-0.05, 0) is 51.1 Å². The zero-order valence-corrected chi connectivity index (χ0v) is 15.8. The van der Waals surface area contributed by atoms with Crippen LogP contribution in [0.4, 0.5) is 14.5 Å². The van der Waals surface area contributed by atoms with E-state index in [1.807, 2.05) is 0 Å². The first kappa shape index (κ1) is 20.8. The van der Waals surface area contributed by atoms with Crippen molar-refractivity contribution in [1.82, 2.24) is 4.72 Å². The summed E-state index contributed by atoms with van der Waals surface area (Å²) in [6.07, 6.45) is 0. The van der Waals surface area contributed by atoms with Crippen LogP contribution in [-0.2, 0) is 10.0 Å². The van der Waals surface area contributed by atoms with E-state index in [1.165, 1.54) is 48.5 Å². The zero-order valence-electron chi connectivity index (χ0n) is 15.0. The van der Waals surface area contributed by atoms with Gasteiger partial charge in [0.05, 0.1) is 10.5 Å². The van der Waals surface area contributed by atoms with Crippen LogP contribution in [0.3, 0.4) is 0 Å². The molecule has 27 heavy (non-hydrogen) atoms. The SMILES string of the molecule is CC(C)(C)NS(=O)(=O)c1cccc(NC(=O)c2ccccc2OC(F)F)c1. The molecule has 0 saturated carbocycles. The number of carbonyl (C=O) groups is 1. The molecule has 0 unspecified atom stereocenters. The van der Waals surface area contributed by atoms with Crippen molar-refractivity contribution in [3.63, 3.8) is 0 Å². The lowest BCUT2D eigenvalue weighted by atomic mass is 10.1. The van der Waals surface area contributed by atoms with E-state index in [1.54, 1.807) is 20.8 Å². The Morgan fingerprint density at radius 3 is 2.37 bits per heavy atom. The number of ether oxygens (including phenoxy) is 1. The van der Waals surface area contributed by atoms with Crippen molar-refractivity contribution >= 4 is 21.6 Å². The van der Waals surface area contributed by atoms with Crippen LogP contribution < -0.4 is 14.8 Å². The van der Waals surface area contributed by atoms with E-state index in [2.05, 4.69) is 14.8 Å². The minimum absolute atomic E-state index is 0.0349. The van der Waals surface area contributed by atoms with Crippen molar-refractivity contribution in [3.8, 4) is 5.75 Å². The van der Waals surface area contributed by atoms with Gasteiger partial charge in [-0.25, -0.2) is 13.1 Å². The maximum absolute atomic E-state index is 12.5. The summed E-state index contributed by atoms with van der Waals surface area (Å²) in [6.45, 7) is 2.04. The average Bonchev–Trinajstić information content (AvgIpc) is 2.53. The Morgan fingerprint density at radius 1 is 1.07 bits per heavy atom. The van der Waals surface area contributed by atoms with Gasteiger partial charge in [-0.15, -0.1) is 0 Å². The summed E-state index contributed by atoms with van der Waals surface area (Å²) in [5.41, 5.74) is -0.577. The fourth-order valence-corrected chi connectivity index (χ4v) is 3.72. The van der Waals surface area contributed by atoms with Gasteiger partial charge in [-0.2, -0.15) is 8.78 Å². The van der Waals surface area contributed by atoms with Crippen LogP contribution in [0.2, 0.25) is 0 Å². The van der Waals surface area contributed by atoms with Gasteiger partial charge in [0.2, 0.25) is 10.0 Å². The molecule has 0 aliphatic carbocycles. The highest BCUT2D eigenvalue weighted by Gasteiger charge is 2.22. The minimum atomic E-state index is -3.79. The minimum Gasteiger partial charge on any atom is -0.434 e. The van der Waals surface area contributed by atoms with E-state index in [0.717, 1.165) is 0 Å². The van der Waals surface area contributed by atoms with Gasteiger partial charge in [0, 0.05) is 11.2 Å². The molecule has 2 aromatic carbocycles. The number of halogens is 2. The molecule has 6 nitrogen and oxygen atoms in total. The lowest BCUT2D eigenvalue weighted by Gasteiger charge is -2.20. The van der Waals surface area contributed by atoms with Crippen LogP contribution in [-0.4, -0.2) is 26.5 Å². The first-order chi connectivity index (χ1) is 12.5. The number of anilines is 1. The molecule has 0 aliphatic rings. The highest BCUT2D eigenvalue weighted by molar-refractivity contribution is 7.89. The number of hydrogen-bond donors (Lipinski definition) is 2. The maximum Gasteiger partial charge on any atom is 0.387 e. The Balaban J connectivity index is 2.26. The number of alkyl halides is 2. The van der Waals surface area contributed by atoms with Crippen molar-refractivity contribution < 1.29 is 26.7 Å². The second kappa shape index (κ2) is 8.01. The van der Waals surface area contributed by atoms with E-state index in [-0.39, 0.29) is 21.9 Å². The van der Waals surface area contributed by atoms with Crippen molar-refractivity contribution in [1.29, 1.82) is 0 Å². The molecule has 0 atom stereocenters. The molecule has 0 saturated heterocycles. The van der Waals surface area contributed by atoms with Crippen LogP contribution in [0, 0.1) is 0 Å². The first-order valence-corrected chi connectivity index (χ1v) is 9.45. The first-order valence-electron chi connectivity index (χ1n) is 7.97. The quantitative estimate of drug-likeness (QED) is 0.778. The second-order valence-corrected chi connectivity index (χ2v) is 8.39.